The van der Waals surface area contributed by atoms with Gasteiger partial charge in [0.2, 0.25) is 0 Å². The lowest BCUT2D eigenvalue weighted by Crippen LogP contribution is -2.28. The molecule has 0 atom stereocenters. The summed E-state index contributed by atoms with van der Waals surface area (Å²) in [4.78, 5) is 0.0349. The number of aliphatic hydroxyl groups is 1. The first-order valence-corrected chi connectivity index (χ1v) is 9.20. The van der Waals surface area contributed by atoms with E-state index in [-0.39, 0.29) is 23.9 Å². The topological polar surface area (TPSA) is 82.3 Å². The van der Waals surface area contributed by atoms with Gasteiger partial charge in [-0.2, -0.15) is 26.7 Å². The van der Waals surface area contributed by atoms with Crippen LogP contribution < -0.4 is 0 Å². The Balaban J connectivity index is 1.90. The normalized spacial score (nSPS) is 15.6. The standard InChI is InChI=1S/C17H14F3N3O3S/c18-17(19,20)13-7-5-12(6-8-13)11-21-23(9-10-24)16-14-3-1-2-4-15(14)27(25,26)22-16/h1-8,11,24H,9-10H2/b21-11+. The summed E-state index contributed by atoms with van der Waals surface area (Å²) in [5.41, 5.74) is -0.0664. The summed E-state index contributed by atoms with van der Waals surface area (Å²) in [7, 11) is -3.86. The first-order chi connectivity index (χ1) is 12.7. The van der Waals surface area contributed by atoms with Crippen LogP contribution in [0.15, 0.2) is 62.9 Å². The van der Waals surface area contributed by atoms with E-state index in [0.29, 0.717) is 11.1 Å². The van der Waals surface area contributed by atoms with Crippen LogP contribution in [-0.4, -0.2) is 43.7 Å². The highest BCUT2D eigenvalue weighted by Crippen LogP contribution is 2.29. The number of hydrogen-bond donors (Lipinski definition) is 1. The number of hydrogen-bond acceptors (Lipinski definition) is 5. The zero-order chi connectivity index (χ0) is 19.7. The lowest BCUT2D eigenvalue weighted by atomic mass is 10.1. The van der Waals surface area contributed by atoms with Crippen molar-refractivity contribution in [3.05, 3.63) is 65.2 Å². The molecule has 0 spiro atoms. The molecule has 0 saturated carbocycles. The lowest BCUT2D eigenvalue weighted by molar-refractivity contribution is -0.137. The highest BCUT2D eigenvalue weighted by molar-refractivity contribution is 7.90. The second-order valence-corrected chi connectivity index (χ2v) is 7.17. The molecular formula is C17H14F3N3O3S. The number of sulfonamides is 1. The number of benzene rings is 2. The molecule has 142 valence electrons. The van der Waals surface area contributed by atoms with Crippen molar-refractivity contribution in [3.63, 3.8) is 0 Å². The lowest BCUT2D eigenvalue weighted by Gasteiger charge is -2.17. The maximum Gasteiger partial charge on any atom is 0.416 e. The fourth-order valence-corrected chi connectivity index (χ4v) is 3.69. The maximum atomic E-state index is 12.6. The summed E-state index contributed by atoms with van der Waals surface area (Å²) in [6.45, 7) is -0.370. The fraction of sp³-hybridized carbons (Fsp3) is 0.176. The zero-order valence-electron chi connectivity index (χ0n) is 13.8. The van der Waals surface area contributed by atoms with Crippen LogP contribution in [0, 0.1) is 0 Å². The number of rotatable bonds is 4. The van der Waals surface area contributed by atoms with Crippen LogP contribution in [0.25, 0.3) is 0 Å². The van der Waals surface area contributed by atoms with Crippen LogP contribution in [0.4, 0.5) is 13.2 Å². The minimum Gasteiger partial charge on any atom is -0.394 e. The third kappa shape index (κ3) is 4.01. The molecule has 0 bridgehead atoms. The van der Waals surface area contributed by atoms with Crippen molar-refractivity contribution in [2.45, 2.75) is 11.1 Å². The summed E-state index contributed by atoms with van der Waals surface area (Å²) in [5, 5.41) is 14.5. The van der Waals surface area contributed by atoms with Crippen molar-refractivity contribution < 1.29 is 26.7 Å². The Morgan fingerprint density at radius 1 is 1.11 bits per heavy atom. The van der Waals surface area contributed by atoms with Crippen molar-refractivity contribution in [1.82, 2.24) is 5.01 Å². The molecule has 1 aliphatic rings. The van der Waals surface area contributed by atoms with Crippen LogP contribution in [-0.2, 0) is 16.2 Å². The van der Waals surface area contributed by atoms with E-state index in [1.165, 1.54) is 29.4 Å². The molecule has 1 heterocycles. The molecule has 1 N–H and O–H groups in total. The van der Waals surface area contributed by atoms with Crippen LogP contribution in [0.3, 0.4) is 0 Å². The molecule has 27 heavy (non-hydrogen) atoms. The van der Waals surface area contributed by atoms with Gasteiger partial charge >= 0.3 is 6.18 Å². The molecule has 6 nitrogen and oxygen atoms in total. The average Bonchev–Trinajstić information content (AvgIpc) is 2.90. The molecule has 0 aliphatic carbocycles. The van der Waals surface area contributed by atoms with Gasteiger partial charge in [-0.25, -0.2) is 5.01 Å². The van der Waals surface area contributed by atoms with Gasteiger partial charge in [0.25, 0.3) is 10.0 Å². The van der Waals surface area contributed by atoms with E-state index in [0.717, 1.165) is 12.1 Å². The van der Waals surface area contributed by atoms with E-state index in [4.69, 9.17) is 0 Å². The smallest absolute Gasteiger partial charge is 0.394 e. The molecule has 0 aromatic heterocycles. The quantitative estimate of drug-likeness (QED) is 0.635. The van der Waals surface area contributed by atoms with Gasteiger partial charge in [-0.1, -0.05) is 24.3 Å². The largest absolute Gasteiger partial charge is 0.416 e. The van der Waals surface area contributed by atoms with Gasteiger partial charge < -0.3 is 5.11 Å². The van der Waals surface area contributed by atoms with E-state index < -0.39 is 21.8 Å². The Kier molecular flexibility index (Phi) is 5.03. The van der Waals surface area contributed by atoms with Crippen LogP contribution in [0.1, 0.15) is 16.7 Å². The molecule has 1 aliphatic heterocycles. The number of nitrogens with zero attached hydrogens (tertiary/aromatic N) is 3. The monoisotopic (exact) mass is 397 g/mol. The molecule has 2 aromatic rings. The third-order valence-electron chi connectivity index (χ3n) is 3.75. The number of fused-ring (bicyclic) bond motifs is 1. The van der Waals surface area contributed by atoms with Crippen molar-refractivity contribution >= 4 is 22.1 Å². The van der Waals surface area contributed by atoms with Gasteiger partial charge in [0.15, 0.2) is 5.84 Å². The Hall–Kier alpha value is -2.72. The Bertz CT molecular complexity index is 1000. The molecule has 0 saturated heterocycles. The molecular weight excluding hydrogens is 383 g/mol. The number of alkyl halides is 3. The van der Waals surface area contributed by atoms with E-state index >= 15 is 0 Å². The van der Waals surface area contributed by atoms with E-state index in [2.05, 4.69) is 9.50 Å². The van der Waals surface area contributed by atoms with E-state index in [9.17, 15) is 26.7 Å². The Morgan fingerprint density at radius 2 is 1.78 bits per heavy atom. The number of halogens is 3. The van der Waals surface area contributed by atoms with Crippen molar-refractivity contribution in [3.8, 4) is 0 Å². The van der Waals surface area contributed by atoms with Crippen molar-refractivity contribution in [2.24, 2.45) is 9.50 Å². The molecule has 10 heteroatoms. The summed E-state index contributed by atoms with van der Waals surface area (Å²) >= 11 is 0. The number of hydrazone groups is 1. The predicted molar refractivity (Wildman–Crippen MR) is 93.0 cm³/mol. The summed E-state index contributed by atoms with van der Waals surface area (Å²) in [6.07, 6.45) is -3.17. The van der Waals surface area contributed by atoms with Crippen LogP contribution in [0.5, 0.6) is 0 Å². The number of amidine groups is 1. The molecule has 3 rings (SSSR count). The third-order valence-corrected chi connectivity index (χ3v) is 5.08. The summed E-state index contributed by atoms with van der Waals surface area (Å²) in [5.74, 6) is 0.0443. The highest BCUT2D eigenvalue weighted by atomic mass is 32.2. The van der Waals surface area contributed by atoms with Gasteiger partial charge in [-0.15, -0.1) is 4.40 Å². The minimum absolute atomic E-state index is 0.0349. The maximum absolute atomic E-state index is 12.6. The van der Waals surface area contributed by atoms with Crippen molar-refractivity contribution in [1.29, 1.82) is 0 Å². The van der Waals surface area contributed by atoms with Gasteiger partial charge in [0.1, 0.15) is 4.90 Å². The van der Waals surface area contributed by atoms with Crippen LogP contribution in [0.2, 0.25) is 0 Å². The summed E-state index contributed by atoms with van der Waals surface area (Å²) in [6, 6.07) is 10.5. The second kappa shape index (κ2) is 7.12. The van der Waals surface area contributed by atoms with Gasteiger partial charge in [0, 0.05) is 5.56 Å². The molecule has 0 fully saturated rings. The fourth-order valence-electron chi connectivity index (χ4n) is 2.48. The zero-order valence-corrected chi connectivity index (χ0v) is 14.6. The van der Waals surface area contributed by atoms with Gasteiger partial charge in [0.05, 0.1) is 24.9 Å². The summed E-state index contributed by atoms with van der Waals surface area (Å²) < 4.78 is 65.8. The van der Waals surface area contributed by atoms with Gasteiger partial charge in [-0.3, -0.25) is 0 Å². The van der Waals surface area contributed by atoms with E-state index in [1.54, 1.807) is 18.2 Å². The predicted octanol–water partition coefficient (Wildman–Crippen LogP) is 2.48. The molecule has 0 radical (unpaired) electrons. The second-order valence-electron chi connectivity index (χ2n) is 5.60. The average molecular weight is 397 g/mol. The SMILES string of the molecule is O=S1(=O)N=C(N(CCO)/N=C/c2ccc(C(F)(F)F)cc2)c2ccccc21. The minimum atomic E-state index is -4.44. The molecule has 2 aromatic carbocycles. The first-order valence-electron chi connectivity index (χ1n) is 7.76. The van der Waals surface area contributed by atoms with E-state index in [1.807, 2.05) is 0 Å². The van der Waals surface area contributed by atoms with Gasteiger partial charge in [-0.05, 0) is 29.8 Å². The Morgan fingerprint density at radius 3 is 2.41 bits per heavy atom. The van der Waals surface area contributed by atoms with Crippen LogP contribution >= 0.6 is 0 Å². The first kappa shape index (κ1) is 19.1. The number of aliphatic hydroxyl groups excluding tert-OH is 1. The Labute approximate surface area is 153 Å². The molecule has 0 amide bonds. The molecule has 0 unspecified atom stereocenters. The highest BCUT2D eigenvalue weighted by Gasteiger charge is 2.32. The van der Waals surface area contributed by atoms with Crippen molar-refractivity contribution in [2.75, 3.05) is 13.2 Å².